The number of halogens is 3. The van der Waals surface area contributed by atoms with Crippen LogP contribution in [0.3, 0.4) is 0 Å². The van der Waals surface area contributed by atoms with E-state index in [9.17, 15) is 13.2 Å². The molecule has 0 aliphatic heterocycles. The molecule has 1 saturated carbocycles. The molecule has 0 unspecified atom stereocenters. The van der Waals surface area contributed by atoms with E-state index < -0.39 is 12.6 Å². The van der Waals surface area contributed by atoms with E-state index in [-0.39, 0.29) is 13.0 Å². The predicted octanol–water partition coefficient (Wildman–Crippen LogP) is 3.46. The van der Waals surface area contributed by atoms with Crippen molar-refractivity contribution in [1.82, 2.24) is 9.97 Å². The van der Waals surface area contributed by atoms with Crippen molar-refractivity contribution >= 4 is 11.6 Å². The zero-order valence-electron chi connectivity index (χ0n) is 11.6. The Morgan fingerprint density at radius 2 is 1.85 bits per heavy atom. The number of aromatic nitrogens is 2. The lowest BCUT2D eigenvalue weighted by atomic mass is 10.2. The van der Waals surface area contributed by atoms with Crippen LogP contribution in [0.4, 0.5) is 24.8 Å². The molecule has 1 aromatic heterocycles. The highest BCUT2D eigenvalue weighted by Crippen LogP contribution is 2.39. The van der Waals surface area contributed by atoms with Gasteiger partial charge in [0, 0.05) is 31.5 Å². The molecule has 1 aromatic rings. The molecule has 2 rings (SSSR count). The molecule has 1 aliphatic rings. The second-order valence-electron chi connectivity index (χ2n) is 5.07. The highest BCUT2D eigenvalue weighted by molar-refractivity contribution is 5.57. The van der Waals surface area contributed by atoms with Crippen molar-refractivity contribution in [3.05, 3.63) is 11.4 Å². The first-order chi connectivity index (χ1) is 9.40. The number of alkyl halides is 3. The Morgan fingerprint density at radius 3 is 2.40 bits per heavy atom. The Morgan fingerprint density at radius 1 is 1.20 bits per heavy atom. The van der Waals surface area contributed by atoms with E-state index >= 15 is 0 Å². The summed E-state index contributed by atoms with van der Waals surface area (Å²) in [6.07, 6.45) is -2.67. The van der Waals surface area contributed by atoms with Gasteiger partial charge >= 0.3 is 6.18 Å². The van der Waals surface area contributed by atoms with E-state index in [1.54, 1.807) is 7.05 Å². The van der Waals surface area contributed by atoms with Gasteiger partial charge in [0.2, 0.25) is 0 Å². The van der Waals surface area contributed by atoms with Crippen LogP contribution in [-0.2, 0) is 0 Å². The molecule has 1 heterocycles. The van der Waals surface area contributed by atoms with E-state index in [1.807, 2.05) is 6.92 Å². The van der Waals surface area contributed by atoms with Crippen LogP contribution in [-0.4, -0.2) is 29.7 Å². The molecule has 7 heteroatoms. The lowest BCUT2D eigenvalue weighted by Gasteiger charge is -2.14. The average Bonchev–Trinajstić information content (AvgIpc) is 3.19. The van der Waals surface area contributed by atoms with Crippen LogP contribution in [0.5, 0.6) is 0 Å². The molecule has 1 fully saturated rings. The fourth-order valence-electron chi connectivity index (χ4n) is 1.97. The van der Waals surface area contributed by atoms with Gasteiger partial charge in [0.15, 0.2) is 0 Å². The minimum Gasteiger partial charge on any atom is -0.373 e. The molecule has 0 saturated heterocycles. The van der Waals surface area contributed by atoms with Crippen LogP contribution in [0.1, 0.15) is 43.0 Å². The first kappa shape index (κ1) is 14.9. The molecule has 0 bridgehead atoms. The summed E-state index contributed by atoms with van der Waals surface area (Å²) in [7, 11) is 1.78. The number of nitrogens with zero attached hydrogens (tertiary/aromatic N) is 2. The maximum Gasteiger partial charge on any atom is 0.389 e. The predicted molar refractivity (Wildman–Crippen MR) is 72.1 cm³/mol. The Balaban J connectivity index is 2.00. The van der Waals surface area contributed by atoms with Gasteiger partial charge in [0.05, 0.1) is 0 Å². The smallest absolute Gasteiger partial charge is 0.373 e. The third-order valence-corrected chi connectivity index (χ3v) is 3.27. The second-order valence-corrected chi connectivity index (χ2v) is 5.07. The second kappa shape index (κ2) is 5.85. The third kappa shape index (κ3) is 3.98. The van der Waals surface area contributed by atoms with Gasteiger partial charge in [-0.15, -0.1) is 0 Å². The van der Waals surface area contributed by atoms with Gasteiger partial charge < -0.3 is 10.6 Å². The molecule has 0 spiro atoms. The van der Waals surface area contributed by atoms with Crippen LogP contribution < -0.4 is 10.6 Å². The maximum absolute atomic E-state index is 12.1. The van der Waals surface area contributed by atoms with Gasteiger partial charge in [-0.3, -0.25) is 0 Å². The van der Waals surface area contributed by atoms with Crippen LogP contribution in [0, 0.1) is 6.92 Å². The van der Waals surface area contributed by atoms with Crippen molar-refractivity contribution in [2.24, 2.45) is 0 Å². The number of hydrogen-bond acceptors (Lipinski definition) is 4. The van der Waals surface area contributed by atoms with Crippen LogP contribution in [0.25, 0.3) is 0 Å². The largest absolute Gasteiger partial charge is 0.389 e. The fourth-order valence-corrected chi connectivity index (χ4v) is 1.97. The zero-order valence-corrected chi connectivity index (χ0v) is 11.6. The standard InChI is InChI=1S/C13H19F3N4/c1-8-10(17-2)19-12(9-4-5-9)20-11(8)18-7-3-6-13(14,15)16/h9H,3-7H2,1-2H3,(H2,17,18,19,20). The van der Waals surface area contributed by atoms with E-state index in [0.29, 0.717) is 11.7 Å². The van der Waals surface area contributed by atoms with Crippen molar-refractivity contribution in [3.8, 4) is 0 Å². The Labute approximate surface area is 116 Å². The number of rotatable bonds is 6. The highest BCUT2D eigenvalue weighted by Gasteiger charge is 2.28. The summed E-state index contributed by atoms with van der Waals surface area (Å²) in [4.78, 5) is 8.87. The van der Waals surface area contributed by atoms with E-state index in [0.717, 1.165) is 30.0 Å². The van der Waals surface area contributed by atoms with Gasteiger partial charge in [-0.2, -0.15) is 13.2 Å². The minimum atomic E-state index is -4.10. The summed E-state index contributed by atoms with van der Waals surface area (Å²) < 4.78 is 36.3. The monoisotopic (exact) mass is 288 g/mol. The van der Waals surface area contributed by atoms with Crippen molar-refractivity contribution in [2.45, 2.75) is 44.7 Å². The fraction of sp³-hybridized carbons (Fsp3) is 0.692. The summed E-state index contributed by atoms with van der Waals surface area (Å²) in [5.41, 5.74) is 0.837. The lowest BCUT2D eigenvalue weighted by molar-refractivity contribution is -0.134. The SMILES string of the molecule is CNc1nc(C2CC2)nc(NCCCC(F)(F)F)c1C. The topological polar surface area (TPSA) is 49.8 Å². The molecule has 0 atom stereocenters. The molecule has 2 N–H and O–H groups in total. The van der Waals surface area contributed by atoms with Gasteiger partial charge in [-0.25, -0.2) is 9.97 Å². The van der Waals surface area contributed by atoms with E-state index in [1.165, 1.54) is 0 Å². The van der Waals surface area contributed by atoms with Crippen LogP contribution in [0.2, 0.25) is 0 Å². The molecule has 1 aliphatic carbocycles. The van der Waals surface area contributed by atoms with Crippen molar-refractivity contribution in [1.29, 1.82) is 0 Å². The van der Waals surface area contributed by atoms with Crippen molar-refractivity contribution in [2.75, 3.05) is 24.2 Å². The Bertz CT molecular complexity index is 469. The molecule has 4 nitrogen and oxygen atoms in total. The quantitative estimate of drug-likeness (QED) is 0.787. The number of nitrogens with one attached hydrogen (secondary N) is 2. The maximum atomic E-state index is 12.1. The molecular weight excluding hydrogens is 269 g/mol. The lowest BCUT2D eigenvalue weighted by Crippen LogP contribution is -2.13. The summed E-state index contributed by atoms with van der Waals surface area (Å²) in [6, 6.07) is 0. The molecule has 20 heavy (non-hydrogen) atoms. The number of anilines is 2. The summed E-state index contributed by atoms with van der Waals surface area (Å²) in [5, 5.41) is 5.99. The third-order valence-electron chi connectivity index (χ3n) is 3.27. The van der Waals surface area contributed by atoms with E-state index in [2.05, 4.69) is 20.6 Å². The first-order valence-electron chi connectivity index (χ1n) is 6.77. The molecule has 0 radical (unpaired) electrons. The molecule has 0 amide bonds. The van der Waals surface area contributed by atoms with Crippen molar-refractivity contribution in [3.63, 3.8) is 0 Å². The van der Waals surface area contributed by atoms with Gasteiger partial charge in [0.1, 0.15) is 17.5 Å². The van der Waals surface area contributed by atoms with Gasteiger partial charge in [-0.1, -0.05) is 0 Å². The average molecular weight is 288 g/mol. The van der Waals surface area contributed by atoms with Crippen molar-refractivity contribution < 1.29 is 13.2 Å². The summed E-state index contributed by atoms with van der Waals surface area (Å²) in [5.74, 6) is 2.55. The zero-order chi connectivity index (χ0) is 14.8. The molecule has 112 valence electrons. The first-order valence-corrected chi connectivity index (χ1v) is 6.77. The summed E-state index contributed by atoms with van der Waals surface area (Å²) >= 11 is 0. The minimum absolute atomic E-state index is 0.0423. The van der Waals surface area contributed by atoms with Gasteiger partial charge in [-0.05, 0) is 26.2 Å². The highest BCUT2D eigenvalue weighted by atomic mass is 19.4. The number of hydrogen-bond donors (Lipinski definition) is 2. The van der Waals surface area contributed by atoms with Gasteiger partial charge in [0.25, 0.3) is 0 Å². The normalized spacial score (nSPS) is 15.2. The Hall–Kier alpha value is -1.53. The molecular formula is C13H19F3N4. The van der Waals surface area contributed by atoms with Crippen LogP contribution in [0.15, 0.2) is 0 Å². The molecule has 0 aromatic carbocycles. The van der Waals surface area contributed by atoms with E-state index in [4.69, 9.17) is 0 Å². The summed E-state index contributed by atoms with van der Waals surface area (Å²) in [6.45, 7) is 2.11. The Kier molecular flexibility index (Phi) is 4.35. The van der Waals surface area contributed by atoms with Crippen LogP contribution >= 0.6 is 0 Å².